The zero-order valence-corrected chi connectivity index (χ0v) is 10.5. The molecule has 0 saturated heterocycles. The summed E-state index contributed by atoms with van der Waals surface area (Å²) in [6.45, 7) is 11.9. The second kappa shape index (κ2) is 8.89. The molecule has 0 aromatic heterocycles. The van der Waals surface area contributed by atoms with Crippen molar-refractivity contribution in [2.24, 2.45) is 5.73 Å². The predicted octanol–water partition coefficient (Wildman–Crippen LogP) is 1.64. The summed E-state index contributed by atoms with van der Waals surface area (Å²) in [6, 6.07) is 0.249. The third-order valence-corrected chi connectivity index (χ3v) is 2.36. The van der Waals surface area contributed by atoms with Crippen LogP contribution in [0.15, 0.2) is 12.2 Å². The van der Waals surface area contributed by atoms with Crippen LogP contribution in [0, 0.1) is 0 Å². The Morgan fingerprint density at radius 2 is 2.20 bits per heavy atom. The van der Waals surface area contributed by atoms with Crippen LogP contribution in [-0.2, 0) is 4.74 Å². The van der Waals surface area contributed by atoms with Gasteiger partial charge in [-0.05, 0) is 26.3 Å². The fraction of sp³-hybridized carbons (Fsp3) is 0.833. The van der Waals surface area contributed by atoms with E-state index in [0.29, 0.717) is 0 Å². The first-order chi connectivity index (χ1) is 7.10. The van der Waals surface area contributed by atoms with Gasteiger partial charge in [-0.25, -0.2) is 0 Å². The lowest BCUT2D eigenvalue weighted by Crippen LogP contribution is -2.38. The summed E-state index contributed by atoms with van der Waals surface area (Å²) in [6.07, 6.45) is 2.07. The molecule has 0 spiro atoms. The van der Waals surface area contributed by atoms with Crippen molar-refractivity contribution in [3.63, 3.8) is 0 Å². The molecule has 0 aliphatic carbocycles. The van der Waals surface area contributed by atoms with Gasteiger partial charge in [-0.1, -0.05) is 19.1 Å². The maximum absolute atomic E-state index is 6.04. The fourth-order valence-electron chi connectivity index (χ4n) is 1.60. The van der Waals surface area contributed by atoms with Crippen molar-refractivity contribution in [3.8, 4) is 0 Å². The minimum Gasteiger partial charge on any atom is -0.385 e. The Kier molecular flexibility index (Phi) is 8.67. The van der Waals surface area contributed by atoms with Crippen LogP contribution >= 0.6 is 0 Å². The number of nitrogens with two attached hydrogens (primary N) is 1. The van der Waals surface area contributed by atoms with Crippen molar-refractivity contribution in [3.05, 3.63) is 12.2 Å². The Labute approximate surface area is 94.3 Å². The Morgan fingerprint density at radius 1 is 1.53 bits per heavy atom. The third kappa shape index (κ3) is 8.60. The van der Waals surface area contributed by atoms with Crippen LogP contribution in [0.25, 0.3) is 0 Å². The highest BCUT2D eigenvalue weighted by Gasteiger charge is 2.08. The van der Waals surface area contributed by atoms with E-state index in [0.717, 1.165) is 39.1 Å². The van der Waals surface area contributed by atoms with E-state index in [1.807, 2.05) is 0 Å². The molecule has 3 heteroatoms. The Morgan fingerprint density at radius 3 is 2.67 bits per heavy atom. The summed E-state index contributed by atoms with van der Waals surface area (Å²) < 4.78 is 5.00. The van der Waals surface area contributed by atoms with Gasteiger partial charge in [0.15, 0.2) is 0 Å². The van der Waals surface area contributed by atoms with E-state index in [9.17, 15) is 0 Å². The average molecular weight is 214 g/mol. The minimum absolute atomic E-state index is 0.249. The van der Waals surface area contributed by atoms with Gasteiger partial charge in [0.2, 0.25) is 0 Å². The van der Waals surface area contributed by atoms with Crippen molar-refractivity contribution in [2.45, 2.75) is 32.7 Å². The third-order valence-electron chi connectivity index (χ3n) is 2.36. The predicted molar refractivity (Wildman–Crippen MR) is 66.0 cm³/mol. The molecule has 15 heavy (non-hydrogen) atoms. The molecule has 1 unspecified atom stereocenters. The van der Waals surface area contributed by atoms with Gasteiger partial charge >= 0.3 is 0 Å². The van der Waals surface area contributed by atoms with Gasteiger partial charge in [0.25, 0.3) is 0 Å². The normalized spacial score (nSPS) is 13.1. The minimum atomic E-state index is 0.249. The molecule has 0 amide bonds. The summed E-state index contributed by atoms with van der Waals surface area (Å²) in [5, 5.41) is 0. The highest BCUT2D eigenvalue weighted by Crippen LogP contribution is 2.01. The molecule has 0 fully saturated rings. The second-order valence-electron chi connectivity index (χ2n) is 4.18. The molecular weight excluding hydrogens is 188 g/mol. The first kappa shape index (κ1) is 14.6. The highest BCUT2D eigenvalue weighted by atomic mass is 16.5. The van der Waals surface area contributed by atoms with E-state index in [1.54, 1.807) is 7.11 Å². The molecule has 0 rings (SSSR count). The largest absolute Gasteiger partial charge is 0.385 e. The zero-order valence-electron chi connectivity index (χ0n) is 10.5. The maximum Gasteiger partial charge on any atom is 0.0462 e. The van der Waals surface area contributed by atoms with Crippen LogP contribution in [0.5, 0.6) is 0 Å². The van der Waals surface area contributed by atoms with Gasteiger partial charge in [-0.3, -0.25) is 4.90 Å². The lowest BCUT2D eigenvalue weighted by atomic mass is 10.1. The summed E-state index contributed by atoms with van der Waals surface area (Å²) in [7, 11) is 1.73. The van der Waals surface area contributed by atoms with Crippen LogP contribution in [0.4, 0.5) is 0 Å². The van der Waals surface area contributed by atoms with Crippen LogP contribution in [0.2, 0.25) is 0 Å². The monoisotopic (exact) mass is 214 g/mol. The van der Waals surface area contributed by atoms with Crippen molar-refractivity contribution in [1.29, 1.82) is 0 Å². The number of ether oxygens (including phenoxy) is 1. The van der Waals surface area contributed by atoms with Crippen molar-refractivity contribution >= 4 is 0 Å². The van der Waals surface area contributed by atoms with Crippen LogP contribution in [0.1, 0.15) is 26.7 Å². The van der Waals surface area contributed by atoms with Crippen LogP contribution in [-0.4, -0.2) is 44.3 Å². The van der Waals surface area contributed by atoms with Crippen molar-refractivity contribution in [2.75, 3.05) is 33.4 Å². The SMILES string of the molecule is C=C(C)CN(CC)CC(N)CCCOC. The number of hydrogen-bond donors (Lipinski definition) is 1. The van der Waals surface area contributed by atoms with Crippen LogP contribution in [0.3, 0.4) is 0 Å². The molecule has 0 heterocycles. The summed E-state index contributed by atoms with van der Waals surface area (Å²) in [5.41, 5.74) is 7.24. The number of likely N-dealkylation sites (N-methyl/N-ethyl adjacent to an activating group) is 1. The van der Waals surface area contributed by atoms with Crippen molar-refractivity contribution < 1.29 is 4.74 Å². The van der Waals surface area contributed by atoms with Gasteiger partial charge < -0.3 is 10.5 Å². The Bertz CT molecular complexity index is 171. The van der Waals surface area contributed by atoms with Gasteiger partial charge in [0.1, 0.15) is 0 Å². The smallest absolute Gasteiger partial charge is 0.0462 e. The molecule has 0 aromatic carbocycles. The van der Waals surface area contributed by atoms with E-state index < -0.39 is 0 Å². The summed E-state index contributed by atoms with van der Waals surface area (Å²) >= 11 is 0. The molecule has 0 saturated carbocycles. The first-order valence-corrected chi connectivity index (χ1v) is 5.71. The Hall–Kier alpha value is -0.380. The fourth-order valence-corrected chi connectivity index (χ4v) is 1.60. The molecule has 3 nitrogen and oxygen atoms in total. The topological polar surface area (TPSA) is 38.5 Å². The van der Waals surface area contributed by atoms with E-state index in [1.165, 1.54) is 5.57 Å². The number of methoxy groups -OCH3 is 1. The molecule has 0 aliphatic heterocycles. The lowest BCUT2D eigenvalue weighted by molar-refractivity contribution is 0.186. The molecular formula is C12H26N2O. The van der Waals surface area contributed by atoms with Gasteiger partial charge in [0.05, 0.1) is 0 Å². The van der Waals surface area contributed by atoms with Crippen LogP contribution < -0.4 is 5.73 Å². The zero-order chi connectivity index (χ0) is 11.7. The molecule has 0 radical (unpaired) electrons. The summed E-state index contributed by atoms with van der Waals surface area (Å²) in [5.74, 6) is 0. The Balaban J connectivity index is 3.69. The van der Waals surface area contributed by atoms with E-state index in [4.69, 9.17) is 10.5 Å². The number of nitrogens with zero attached hydrogens (tertiary/aromatic N) is 1. The number of hydrogen-bond acceptors (Lipinski definition) is 3. The average Bonchev–Trinajstić information content (AvgIpc) is 2.16. The van der Waals surface area contributed by atoms with E-state index >= 15 is 0 Å². The van der Waals surface area contributed by atoms with E-state index in [2.05, 4.69) is 25.3 Å². The van der Waals surface area contributed by atoms with Crippen molar-refractivity contribution in [1.82, 2.24) is 4.90 Å². The summed E-state index contributed by atoms with van der Waals surface area (Å²) in [4.78, 5) is 2.33. The quantitative estimate of drug-likeness (QED) is 0.468. The molecule has 90 valence electrons. The second-order valence-corrected chi connectivity index (χ2v) is 4.18. The highest BCUT2D eigenvalue weighted by molar-refractivity contribution is 4.92. The number of rotatable bonds is 9. The first-order valence-electron chi connectivity index (χ1n) is 5.71. The lowest BCUT2D eigenvalue weighted by Gasteiger charge is -2.24. The van der Waals surface area contributed by atoms with Gasteiger partial charge in [0, 0.05) is 32.8 Å². The van der Waals surface area contributed by atoms with Gasteiger partial charge in [-0.2, -0.15) is 0 Å². The molecule has 0 aromatic rings. The maximum atomic E-state index is 6.04. The van der Waals surface area contributed by atoms with Gasteiger partial charge in [-0.15, -0.1) is 0 Å². The standard InChI is InChI=1S/C12H26N2O/c1-5-14(9-11(2)3)10-12(13)7-6-8-15-4/h12H,2,5-10,13H2,1,3-4H3. The van der Waals surface area contributed by atoms with E-state index in [-0.39, 0.29) is 6.04 Å². The molecule has 0 aliphatic rings. The molecule has 2 N–H and O–H groups in total. The molecule has 0 bridgehead atoms. The molecule has 1 atom stereocenters.